The van der Waals surface area contributed by atoms with E-state index < -0.39 is 0 Å². The van der Waals surface area contributed by atoms with Gasteiger partial charge in [-0.25, -0.2) is 9.97 Å². The molecule has 1 saturated carbocycles. The van der Waals surface area contributed by atoms with Crippen LogP contribution < -0.4 is 10.2 Å². The minimum atomic E-state index is -0.263. The van der Waals surface area contributed by atoms with Gasteiger partial charge in [-0.1, -0.05) is 6.58 Å². The molecule has 3 amide bonds. The highest BCUT2D eigenvalue weighted by Gasteiger charge is 2.50. The predicted octanol–water partition coefficient (Wildman–Crippen LogP) is 4.73. The number of amides is 3. The molecule has 3 aromatic heterocycles. The Morgan fingerprint density at radius 1 is 1.26 bits per heavy atom. The second-order valence-corrected chi connectivity index (χ2v) is 11.4. The molecule has 0 atom stereocenters. The number of rotatable bonds is 6. The van der Waals surface area contributed by atoms with Gasteiger partial charge in [0.15, 0.2) is 12.2 Å². The van der Waals surface area contributed by atoms with Crippen LogP contribution in [0.2, 0.25) is 0 Å². The molecule has 6 rings (SSSR count). The number of nitrogens with one attached hydrogen (secondary N) is 1. The Labute approximate surface area is 228 Å². The molecule has 2 fully saturated rings. The molecule has 0 unspecified atom stereocenters. The Bertz CT molecular complexity index is 1600. The fourth-order valence-corrected chi connectivity index (χ4v) is 6.59. The van der Waals surface area contributed by atoms with Crippen molar-refractivity contribution in [2.24, 2.45) is 5.41 Å². The number of hydrogen-bond donors (Lipinski definition) is 1. The van der Waals surface area contributed by atoms with Crippen molar-refractivity contribution in [2.75, 3.05) is 30.4 Å². The molecule has 1 aliphatic carbocycles. The number of imidazole rings is 1. The molecule has 1 N–H and O–H groups in total. The van der Waals surface area contributed by atoms with Gasteiger partial charge in [-0.05, 0) is 61.1 Å². The highest BCUT2D eigenvalue weighted by molar-refractivity contribution is 7.17. The van der Waals surface area contributed by atoms with Gasteiger partial charge in [0, 0.05) is 38.8 Å². The third-order valence-electron chi connectivity index (χ3n) is 7.89. The van der Waals surface area contributed by atoms with Gasteiger partial charge in [0.2, 0.25) is 17.8 Å². The number of oxazole rings is 1. The van der Waals surface area contributed by atoms with Crippen molar-refractivity contribution in [3.63, 3.8) is 0 Å². The van der Waals surface area contributed by atoms with E-state index in [0.29, 0.717) is 22.1 Å². The molecule has 200 valence electrons. The van der Waals surface area contributed by atoms with Gasteiger partial charge in [0.05, 0.1) is 27.0 Å². The Kier molecular flexibility index (Phi) is 6.10. The normalized spacial score (nSPS) is 20.3. The summed E-state index contributed by atoms with van der Waals surface area (Å²) in [6.45, 7) is 6.59. The molecule has 2 aliphatic rings. The topological polar surface area (TPSA) is 114 Å². The number of benzene rings is 1. The van der Waals surface area contributed by atoms with Gasteiger partial charge in [-0.15, -0.1) is 11.3 Å². The predicted molar refractivity (Wildman–Crippen MR) is 149 cm³/mol. The van der Waals surface area contributed by atoms with E-state index in [0.717, 1.165) is 48.4 Å². The quantitative estimate of drug-likeness (QED) is 0.351. The van der Waals surface area contributed by atoms with Gasteiger partial charge in [0.25, 0.3) is 5.91 Å². The molecule has 1 aromatic carbocycles. The smallest absolute Gasteiger partial charge is 0.268 e. The number of anilines is 2. The summed E-state index contributed by atoms with van der Waals surface area (Å²) >= 11 is 1.32. The number of fused-ring (bicyclic) bond motifs is 1. The van der Waals surface area contributed by atoms with Crippen molar-refractivity contribution in [1.82, 2.24) is 19.4 Å². The van der Waals surface area contributed by atoms with Crippen LogP contribution in [0.1, 0.15) is 41.9 Å². The first-order chi connectivity index (χ1) is 18.8. The van der Waals surface area contributed by atoms with E-state index in [1.54, 1.807) is 24.2 Å². The zero-order chi connectivity index (χ0) is 27.3. The molecule has 10 nitrogen and oxygen atoms in total. The van der Waals surface area contributed by atoms with E-state index in [1.807, 2.05) is 29.2 Å². The summed E-state index contributed by atoms with van der Waals surface area (Å²) in [5.74, 6) is 0.696. The fourth-order valence-electron chi connectivity index (χ4n) is 5.74. The molecule has 1 spiro atoms. The molecule has 0 radical (unpaired) electrons. The Morgan fingerprint density at radius 3 is 2.79 bits per heavy atom. The van der Waals surface area contributed by atoms with Crippen molar-refractivity contribution in [1.29, 1.82) is 0 Å². The SMILES string of the molecule is C=CC(=O)N1CCC2(CC(n3c(NC(=O)c4ccc(-c5cnco5)s4)nc4cc(N(C)C(C)=O)ccc43)C2)C1. The first-order valence-corrected chi connectivity index (χ1v) is 13.6. The number of aromatic nitrogens is 3. The van der Waals surface area contributed by atoms with Crippen LogP contribution in [0.4, 0.5) is 11.6 Å². The molecule has 11 heteroatoms. The summed E-state index contributed by atoms with van der Waals surface area (Å²) in [6, 6.07) is 9.42. The zero-order valence-electron chi connectivity index (χ0n) is 21.7. The highest BCUT2D eigenvalue weighted by Crippen LogP contribution is 2.55. The Hall–Kier alpha value is -4.25. The zero-order valence-corrected chi connectivity index (χ0v) is 22.5. The van der Waals surface area contributed by atoms with Gasteiger partial charge in [0.1, 0.15) is 0 Å². The maximum absolute atomic E-state index is 13.3. The van der Waals surface area contributed by atoms with E-state index in [4.69, 9.17) is 9.40 Å². The number of hydrogen-bond acceptors (Lipinski definition) is 7. The van der Waals surface area contributed by atoms with Crippen LogP contribution in [0.5, 0.6) is 0 Å². The average molecular weight is 545 g/mol. The number of carbonyl (C=O) groups is 3. The lowest BCUT2D eigenvalue weighted by Gasteiger charge is -2.46. The lowest BCUT2D eigenvalue weighted by Crippen LogP contribution is -2.42. The van der Waals surface area contributed by atoms with Crippen LogP contribution in [-0.4, -0.2) is 57.3 Å². The Balaban J connectivity index is 1.30. The summed E-state index contributed by atoms with van der Waals surface area (Å²) in [5.41, 5.74) is 2.37. The largest absolute Gasteiger partial charge is 0.443 e. The molecule has 4 aromatic rings. The first-order valence-electron chi connectivity index (χ1n) is 12.7. The first kappa shape index (κ1) is 25.1. The third-order valence-corrected chi connectivity index (χ3v) is 8.99. The van der Waals surface area contributed by atoms with Crippen molar-refractivity contribution in [3.8, 4) is 10.6 Å². The van der Waals surface area contributed by atoms with Gasteiger partial charge < -0.3 is 18.8 Å². The standard InChI is InChI=1S/C28H28N6O4S/c1-4-25(36)33-10-9-28(15-33)12-19(13-28)34-21-6-5-18(32(3)17(2)35)11-20(21)30-27(34)31-26(37)24-8-7-23(39-24)22-14-29-16-38-22/h4-8,11,14,16,19H,1,9-10,12-13,15H2,2-3H3,(H,30,31,37). The molecule has 0 bridgehead atoms. The van der Waals surface area contributed by atoms with Crippen LogP contribution in [-0.2, 0) is 9.59 Å². The van der Waals surface area contributed by atoms with Gasteiger partial charge in [-0.3, -0.25) is 19.7 Å². The summed E-state index contributed by atoms with van der Waals surface area (Å²) in [6.07, 6.45) is 7.06. The molecule has 4 heterocycles. The van der Waals surface area contributed by atoms with Crippen molar-refractivity contribution < 1.29 is 18.8 Å². The average Bonchev–Trinajstić information content (AvgIpc) is 3.70. The maximum atomic E-state index is 13.3. The minimum absolute atomic E-state index is 0.0286. The number of thiophene rings is 1. The lowest BCUT2D eigenvalue weighted by atomic mass is 9.65. The fraction of sp³-hybridized carbons (Fsp3) is 0.321. The molecule has 39 heavy (non-hydrogen) atoms. The number of likely N-dealkylation sites (tertiary alicyclic amines) is 1. The molecule has 1 saturated heterocycles. The highest BCUT2D eigenvalue weighted by atomic mass is 32.1. The summed E-state index contributed by atoms with van der Waals surface area (Å²) < 4.78 is 7.46. The molecular weight excluding hydrogens is 516 g/mol. The van der Waals surface area contributed by atoms with Crippen LogP contribution in [0.15, 0.2) is 60.0 Å². The molecule has 1 aliphatic heterocycles. The third kappa shape index (κ3) is 4.42. The van der Waals surface area contributed by atoms with Crippen molar-refractivity contribution in [3.05, 3.63) is 60.5 Å². The number of nitrogens with zero attached hydrogens (tertiary/aromatic N) is 5. The lowest BCUT2D eigenvalue weighted by molar-refractivity contribution is -0.125. The summed E-state index contributed by atoms with van der Waals surface area (Å²) in [5, 5.41) is 3.03. The number of carbonyl (C=O) groups excluding carboxylic acids is 3. The van der Waals surface area contributed by atoms with Crippen molar-refractivity contribution >= 4 is 51.7 Å². The van der Waals surface area contributed by atoms with E-state index in [2.05, 4.69) is 21.4 Å². The van der Waals surface area contributed by atoms with E-state index in [1.165, 1.54) is 30.7 Å². The van der Waals surface area contributed by atoms with Crippen LogP contribution in [0, 0.1) is 5.41 Å². The molecular formula is C28H28N6O4S. The summed E-state index contributed by atoms with van der Waals surface area (Å²) in [7, 11) is 1.72. The minimum Gasteiger partial charge on any atom is -0.443 e. The summed E-state index contributed by atoms with van der Waals surface area (Å²) in [4.78, 5) is 50.9. The van der Waals surface area contributed by atoms with Gasteiger partial charge in [-0.2, -0.15) is 0 Å². The second-order valence-electron chi connectivity index (χ2n) is 10.3. The monoisotopic (exact) mass is 544 g/mol. The van der Waals surface area contributed by atoms with Crippen LogP contribution in [0.25, 0.3) is 21.7 Å². The van der Waals surface area contributed by atoms with Crippen LogP contribution in [0.3, 0.4) is 0 Å². The maximum Gasteiger partial charge on any atom is 0.268 e. The van der Waals surface area contributed by atoms with Crippen LogP contribution >= 0.6 is 11.3 Å². The van der Waals surface area contributed by atoms with E-state index in [-0.39, 0.29) is 29.2 Å². The van der Waals surface area contributed by atoms with E-state index in [9.17, 15) is 14.4 Å². The Morgan fingerprint density at radius 2 is 2.08 bits per heavy atom. The van der Waals surface area contributed by atoms with Gasteiger partial charge >= 0.3 is 0 Å². The second kappa shape index (κ2) is 9.49. The van der Waals surface area contributed by atoms with Crippen molar-refractivity contribution in [2.45, 2.75) is 32.2 Å². The van der Waals surface area contributed by atoms with E-state index >= 15 is 0 Å².